The van der Waals surface area contributed by atoms with Crippen molar-refractivity contribution in [3.8, 4) is 0 Å². The largest absolute Gasteiger partial charge is 0.453 e. The first-order chi connectivity index (χ1) is 11.1. The van der Waals surface area contributed by atoms with Crippen LogP contribution in [0.1, 0.15) is 52.9 Å². The fourth-order valence-corrected chi connectivity index (χ4v) is 2.83. The quantitative estimate of drug-likeness (QED) is 0.656. The minimum Gasteiger partial charge on any atom is -0.453 e. The zero-order valence-corrected chi connectivity index (χ0v) is 15.4. The number of rotatable bonds is 4. The zero-order valence-electron chi connectivity index (χ0n) is 15.4. The first-order valence-electron chi connectivity index (χ1n) is 8.17. The van der Waals surface area contributed by atoms with Crippen LogP contribution in [0.5, 0.6) is 0 Å². The molecule has 1 aromatic heterocycles. The summed E-state index contributed by atoms with van der Waals surface area (Å²) in [4.78, 5) is 22.0. The number of hydrogen-bond acceptors (Lipinski definition) is 4. The van der Waals surface area contributed by atoms with Gasteiger partial charge in [-0.2, -0.15) is 0 Å². The highest BCUT2D eigenvalue weighted by atomic mass is 16.5. The summed E-state index contributed by atoms with van der Waals surface area (Å²) in [6.45, 7) is 11.8. The van der Waals surface area contributed by atoms with Gasteiger partial charge >= 0.3 is 0 Å². The van der Waals surface area contributed by atoms with Crippen LogP contribution in [-0.2, 0) is 22.5 Å². The lowest BCUT2D eigenvalue weighted by atomic mass is 10.0. The molecule has 24 heavy (non-hydrogen) atoms. The van der Waals surface area contributed by atoms with Crippen molar-refractivity contribution < 1.29 is 14.6 Å². The molecule has 0 saturated carbocycles. The van der Waals surface area contributed by atoms with Gasteiger partial charge < -0.3 is 19.7 Å². The monoisotopic (exact) mass is 333 g/mol. The second-order valence-electron chi connectivity index (χ2n) is 7.12. The first-order valence-corrected chi connectivity index (χ1v) is 8.17. The summed E-state index contributed by atoms with van der Waals surface area (Å²) in [5.41, 5.74) is 2.44. The molecule has 1 aliphatic heterocycles. The van der Waals surface area contributed by atoms with E-state index in [2.05, 4.69) is 9.97 Å². The Hall–Kier alpha value is -2.08. The van der Waals surface area contributed by atoms with Gasteiger partial charge in [-0.1, -0.05) is 0 Å². The van der Waals surface area contributed by atoms with Crippen LogP contribution in [-0.4, -0.2) is 38.0 Å². The number of nitrogens with one attached hydrogen (secondary N) is 1. The lowest BCUT2D eigenvalue weighted by Gasteiger charge is -2.30. The molecule has 0 saturated heterocycles. The Morgan fingerprint density at radius 2 is 1.96 bits per heavy atom. The number of aromatic amines is 1. The van der Waals surface area contributed by atoms with E-state index in [1.54, 1.807) is 25.1 Å². The second kappa shape index (κ2) is 6.81. The number of ether oxygens (including phenoxy) is 1. The molecule has 6 heteroatoms. The number of allylic oxidation sites excluding steroid dienone is 2. The number of carbonyl (C=O) groups excluding carboxylic acids is 1. The van der Waals surface area contributed by atoms with Crippen molar-refractivity contribution in [2.24, 2.45) is 0 Å². The maximum atomic E-state index is 13.0. The molecule has 0 atom stereocenters. The standard InChI is InChI=1S/C18H27N3O3/c1-11(2)15(24-16(12(3)4)18(5,6)23)17(22)21-8-7-13-14(9-21)20-10-19-13/h10,23H,7-9H2,1-6H3,(H,19,20). The fourth-order valence-electron chi connectivity index (χ4n) is 2.83. The lowest BCUT2D eigenvalue weighted by Crippen LogP contribution is -2.38. The maximum Gasteiger partial charge on any atom is 0.289 e. The summed E-state index contributed by atoms with van der Waals surface area (Å²) in [5.74, 6) is 0.515. The number of fused-ring (bicyclic) bond motifs is 1. The number of imidazole rings is 1. The molecule has 1 aromatic rings. The Labute approximate surface area is 143 Å². The van der Waals surface area contributed by atoms with Gasteiger partial charge in [0.2, 0.25) is 0 Å². The molecule has 2 N–H and O–H groups in total. The molecule has 132 valence electrons. The van der Waals surface area contributed by atoms with Gasteiger partial charge in [-0.3, -0.25) is 4.79 Å². The van der Waals surface area contributed by atoms with Crippen LogP contribution in [0.25, 0.3) is 0 Å². The van der Waals surface area contributed by atoms with Crippen LogP contribution in [0.15, 0.2) is 29.0 Å². The van der Waals surface area contributed by atoms with E-state index in [0.29, 0.717) is 18.8 Å². The Kier molecular flexibility index (Phi) is 5.18. The van der Waals surface area contributed by atoms with E-state index in [0.717, 1.165) is 29.0 Å². The molecular formula is C18H27N3O3. The van der Waals surface area contributed by atoms with Gasteiger partial charge in [0.25, 0.3) is 5.91 Å². The van der Waals surface area contributed by atoms with Crippen molar-refractivity contribution in [2.75, 3.05) is 6.54 Å². The van der Waals surface area contributed by atoms with Crippen molar-refractivity contribution in [1.82, 2.24) is 14.9 Å². The topological polar surface area (TPSA) is 78.5 Å². The molecule has 2 heterocycles. The molecule has 0 spiro atoms. The van der Waals surface area contributed by atoms with Gasteiger partial charge in [-0.15, -0.1) is 0 Å². The lowest BCUT2D eigenvalue weighted by molar-refractivity contribution is -0.131. The smallest absolute Gasteiger partial charge is 0.289 e. The highest BCUT2D eigenvalue weighted by molar-refractivity contribution is 5.92. The van der Waals surface area contributed by atoms with Crippen LogP contribution >= 0.6 is 0 Å². The highest BCUT2D eigenvalue weighted by Gasteiger charge is 2.30. The van der Waals surface area contributed by atoms with Crippen LogP contribution < -0.4 is 0 Å². The third kappa shape index (κ3) is 3.87. The van der Waals surface area contributed by atoms with E-state index in [1.807, 2.05) is 27.7 Å². The number of H-pyrrole nitrogens is 1. The van der Waals surface area contributed by atoms with Crippen LogP contribution in [0.4, 0.5) is 0 Å². The minimum absolute atomic E-state index is 0.168. The van der Waals surface area contributed by atoms with E-state index in [4.69, 9.17) is 4.74 Å². The van der Waals surface area contributed by atoms with E-state index < -0.39 is 5.60 Å². The van der Waals surface area contributed by atoms with Gasteiger partial charge in [-0.05, 0) is 52.7 Å². The minimum atomic E-state index is -1.15. The molecule has 0 fully saturated rings. The number of amides is 1. The van der Waals surface area contributed by atoms with Crippen molar-refractivity contribution >= 4 is 5.91 Å². The van der Waals surface area contributed by atoms with Crippen LogP contribution in [0.2, 0.25) is 0 Å². The predicted octanol–water partition coefficient (Wildman–Crippen LogP) is 2.67. The zero-order chi connectivity index (χ0) is 18.1. The van der Waals surface area contributed by atoms with Crippen molar-refractivity contribution in [3.05, 3.63) is 40.4 Å². The predicted molar refractivity (Wildman–Crippen MR) is 91.8 cm³/mol. The van der Waals surface area contributed by atoms with Crippen LogP contribution in [0, 0.1) is 0 Å². The van der Waals surface area contributed by atoms with Gasteiger partial charge in [0.1, 0.15) is 11.4 Å². The number of aliphatic hydroxyl groups is 1. The molecular weight excluding hydrogens is 306 g/mol. The van der Waals surface area contributed by atoms with E-state index in [-0.39, 0.29) is 11.7 Å². The number of nitrogens with zero attached hydrogens (tertiary/aromatic N) is 2. The molecule has 2 rings (SSSR count). The van der Waals surface area contributed by atoms with Crippen molar-refractivity contribution in [2.45, 2.75) is 60.1 Å². The number of hydrogen-bond donors (Lipinski definition) is 2. The Morgan fingerprint density at radius 3 is 2.50 bits per heavy atom. The third-order valence-electron chi connectivity index (χ3n) is 3.92. The van der Waals surface area contributed by atoms with Crippen molar-refractivity contribution in [1.29, 1.82) is 0 Å². The molecule has 1 aliphatic rings. The SMILES string of the molecule is CC(C)=C(OC(=C(C)C)C(C)(C)O)C(=O)N1CCc2nc[nH]c2C1. The molecule has 6 nitrogen and oxygen atoms in total. The molecule has 0 radical (unpaired) electrons. The first kappa shape index (κ1) is 18.3. The molecule has 0 unspecified atom stereocenters. The average molecular weight is 333 g/mol. The van der Waals surface area contributed by atoms with Crippen LogP contribution in [0.3, 0.4) is 0 Å². The summed E-state index contributed by atoms with van der Waals surface area (Å²) < 4.78 is 5.91. The van der Waals surface area contributed by atoms with Gasteiger partial charge in [0.15, 0.2) is 5.76 Å². The van der Waals surface area contributed by atoms with Gasteiger partial charge in [0.05, 0.1) is 24.3 Å². The average Bonchev–Trinajstić information content (AvgIpc) is 2.92. The summed E-state index contributed by atoms with van der Waals surface area (Å²) in [5, 5.41) is 10.3. The van der Waals surface area contributed by atoms with Gasteiger partial charge in [-0.25, -0.2) is 4.98 Å². The molecule has 0 aromatic carbocycles. The summed E-state index contributed by atoms with van der Waals surface area (Å²) >= 11 is 0. The summed E-state index contributed by atoms with van der Waals surface area (Å²) in [6.07, 6.45) is 2.38. The maximum absolute atomic E-state index is 13.0. The molecule has 0 bridgehead atoms. The van der Waals surface area contributed by atoms with Crippen molar-refractivity contribution in [3.63, 3.8) is 0 Å². The highest BCUT2D eigenvalue weighted by Crippen LogP contribution is 2.27. The molecule has 0 aliphatic carbocycles. The third-order valence-corrected chi connectivity index (χ3v) is 3.92. The summed E-state index contributed by atoms with van der Waals surface area (Å²) in [7, 11) is 0. The second-order valence-corrected chi connectivity index (χ2v) is 7.12. The summed E-state index contributed by atoms with van der Waals surface area (Å²) in [6, 6.07) is 0. The van der Waals surface area contributed by atoms with E-state index in [1.165, 1.54) is 0 Å². The fraction of sp³-hybridized carbons (Fsp3) is 0.556. The van der Waals surface area contributed by atoms with E-state index >= 15 is 0 Å². The Balaban J connectivity index is 2.25. The Bertz CT molecular complexity index is 685. The van der Waals surface area contributed by atoms with Gasteiger partial charge in [0, 0.05) is 13.0 Å². The van der Waals surface area contributed by atoms with E-state index in [9.17, 15) is 9.90 Å². The molecule has 1 amide bonds. The number of carbonyl (C=O) groups is 1. The normalized spacial score (nSPS) is 14.0. The Morgan fingerprint density at radius 1 is 1.29 bits per heavy atom. The number of aromatic nitrogens is 2.